The Morgan fingerprint density at radius 3 is 2.66 bits per heavy atom. The minimum atomic E-state index is -1.09. The molecule has 0 aliphatic carbocycles. The first-order valence-corrected chi connectivity index (χ1v) is 11.5. The third-order valence-corrected chi connectivity index (χ3v) is 7.86. The van der Waals surface area contributed by atoms with Gasteiger partial charge >= 0.3 is 0 Å². The molecule has 3 amide bonds. The first-order valence-electron chi connectivity index (χ1n) is 11.1. The number of halogens is 1. The number of ether oxygens (including phenoxy) is 1. The van der Waals surface area contributed by atoms with Crippen LogP contribution in [-0.4, -0.2) is 65.2 Å². The minimum absolute atomic E-state index is 0.000437. The molecule has 1 aromatic rings. The summed E-state index contributed by atoms with van der Waals surface area (Å²) in [6, 6.07) is 6.02. The summed E-state index contributed by atoms with van der Waals surface area (Å²) in [6.45, 7) is 4.17. The second kappa shape index (κ2) is 8.32. The van der Waals surface area contributed by atoms with Crippen molar-refractivity contribution in [1.82, 2.24) is 10.2 Å². The van der Waals surface area contributed by atoms with Gasteiger partial charge in [0.2, 0.25) is 17.7 Å². The van der Waals surface area contributed by atoms with Crippen LogP contribution in [0.2, 0.25) is 5.02 Å². The maximum atomic E-state index is 13.7. The number of likely N-dealkylation sites (tertiary alicyclic amines) is 1. The molecule has 1 spiro atoms. The number of aliphatic hydroxyl groups excluding tert-OH is 1. The van der Waals surface area contributed by atoms with Crippen LogP contribution < -0.4 is 10.6 Å². The molecule has 0 saturated carbocycles. The van der Waals surface area contributed by atoms with Crippen molar-refractivity contribution in [2.75, 3.05) is 25.5 Å². The molecule has 3 aliphatic rings. The van der Waals surface area contributed by atoms with E-state index in [-0.39, 0.29) is 30.2 Å². The zero-order chi connectivity index (χ0) is 23.3. The van der Waals surface area contributed by atoms with E-state index in [0.29, 0.717) is 36.5 Å². The van der Waals surface area contributed by atoms with Crippen molar-refractivity contribution in [1.29, 1.82) is 0 Å². The highest BCUT2D eigenvalue weighted by Gasteiger charge is 2.79. The van der Waals surface area contributed by atoms with Gasteiger partial charge in [0.05, 0.1) is 28.1 Å². The maximum absolute atomic E-state index is 13.7. The van der Waals surface area contributed by atoms with Gasteiger partial charge in [-0.3, -0.25) is 14.4 Å². The summed E-state index contributed by atoms with van der Waals surface area (Å²) in [5, 5.41) is 15.2. The molecule has 3 aliphatic heterocycles. The van der Waals surface area contributed by atoms with E-state index in [1.807, 2.05) is 13.8 Å². The molecule has 3 fully saturated rings. The van der Waals surface area contributed by atoms with Gasteiger partial charge in [-0.25, -0.2) is 0 Å². The lowest BCUT2D eigenvalue weighted by Crippen LogP contribution is -2.54. The van der Waals surface area contributed by atoms with E-state index in [2.05, 4.69) is 10.6 Å². The summed E-state index contributed by atoms with van der Waals surface area (Å²) in [5.41, 5.74) is -1.47. The summed E-state index contributed by atoms with van der Waals surface area (Å²) in [5.74, 6) is -2.30. The van der Waals surface area contributed by atoms with Crippen molar-refractivity contribution >= 4 is 35.0 Å². The smallest absolute Gasteiger partial charge is 0.250 e. The Balaban J connectivity index is 1.75. The van der Waals surface area contributed by atoms with E-state index < -0.39 is 29.1 Å². The molecule has 4 rings (SSSR count). The number of anilines is 1. The van der Waals surface area contributed by atoms with E-state index in [9.17, 15) is 19.5 Å². The molecule has 3 N–H and O–H groups in total. The van der Waals surface area contributed by atoms with Crippen LogP contribution in [0.5, 0.6) is 0 Å². The lowest BCUT2D eigenvalue weighted by Gasteiger charge is -2.36. The fourth-order valence-corrected chi connectivity index (χ4v) is 6.18. The summed E-state index contributed by atoms with van der Waals surface area (Å²) in [7, 11) is 1.55. The largest absolute Gasteiger partial charge is 0.396 e. The number of hydrogen-bond donors (Lipinski definition) is 3. The highest BCUT2D eigenvalue weighted by molar-refractivity contribution is 6.33. The molecule has 32 heavy (non-hydrogen) atoms. The zero-order valence-corrected chi connectivity index (χ0v) is 19.3. The van der Waals surface area contributed by atoms with E-state index in [1.165, 1.54) is 0 Å². The Morgan fingerprint density at radius 2 is 2.00 bits per heavy atom. The van der Waals surface area contributed by atoms with Crippen LogP contribution in [-0.2, 0) is 19.1 Å². The summed E-state index contributed by atoms with van der Waals surface area (Å²) >= 11 is 6.25. The number of hydrogen-bond acceptors (Lipinski definition) is 5. The van der Waals surface area contributed by atoms with Crippen LogP contribution in [0.1, 0.15) is 33.1 Å². The van der Waals surface area contributed by atoms with E-state index in [1.54, 1.807) is 36.2 Å². The number of nitrogens with one attached hydrogen (secondary N) is 2. The van der Waals surface area contributed by atoms with Gasteiger partial charge in [0, 0.05) is 20.2 Å². The minimum Gasteiger partial charge on any atom is -0.396 e. The number of unbranched alkanes of at least 4 members (excludes halogenated alkanes) is 1. The average molecular weight is 464 g/mol. The van der Waals surface area contributed by atoms with Crippen LogP contribution >= 0.6 is 11.6 Å². The fourth-order valence-electron chi connectivity index (χ4n) is 5.99. The third-order valence-electron chi connectivity index (χ3n) is 7.53. The lowest BCUT2D eigenvalue weighted by atomic mass is 9.62. The Labute approximate surface area is 192 Å². The van der Waals surface area contributed by atoms with E-state index >= 15 is 0 Å². The summed E-state index contributed by atoms with van der Waals surface area (Å²) in [6.07, 6.45) is 1.55. The van der Waals surface area contributed by atoms with Crippen LogP contribution in [0, 0.1) is 17.8 Å². The van der Waals surface area contributed by atoms with Gasteiger partial charge in [-0.1, -0.05) is 30.7 Å². The predicted molar refractivity (Wildman–Crippen MR) is 119 cm³/mol. The van der Waals surface area contributed by atoms with Crippen LogP contribution in [0.25, 0.3) is 0 Å². The normalized spacial score (nSPS) is 35.2. The molecule has 0 aromatic heterocycles. The predicted octanol–water partition coefficient (Wildman–Crippen LogP) is 1.81. The molecule has 6 atom stereocenters. The van der Waals surface area contributed by atoms with Gasteiger partial charge in [-0.05, 0) is 44.2 Å². The molecule has 0 radical (unpaired) electrons. The standard InChI is InChI=1S/C23H30ClN3O5/c1-13-12-23-17(16(19(29)25-3)22(13,2)32-23)21(31)27(10-6-7-11-28)18(23)20(30)26-15-9-5-4-8-14(15)24/h4-5,8-9,13,16-18,28H,6-7,10-12H2,1-3H3,(H,25,29)(H,26,30)/t13?,16-,17-,18?,22+,23?/m0/s1. The molecule has 174 valence electrons. The van der Waals surface area contributed by atoms with Crippen LogP contribution in [0.3, 0.4) is 0 Å². The van der Waals surface area contributed by atoms with E-state index in [4.69, 9.17) is 16.3 Å². The Bertz CT molecular complexity index is 942. The molecular weight excluding hydrogens is 434 g/mol. The van der Waals surface area contributed by atoms with Crippen LogP contribution in [0.15, 0.2) is 24.3 Å². The van der Waals surface area contributed by atoms with E-state index in [0.717, 1.165) is 0 Å². The molecule has 3 unspecified atom stereocenters. The first-order chi connectivity index (χ1) is 15.2. The van der Waals surface area contributed by atoms with Crippen molar-refractivity contribution in [3.8, 4) is 0 Å². The van der Waals surface area contributed by atoms with Gasteiger partial charge in [-0.15, -0.1) is 0 Å². The molecule has 9 heteroatoms. The van der Waals surface area contributed by atoms with Crippen molar-refractivity contribution in [3.63, 3.8) is 0 Å². The maximum Gasteiger partial charge on any atom is 0.250 e. The van der Waals surface area contributed by atoms with Crippen molar-refractivity contribution in [2.24, 2.45) is 17.8 Å². The summed E-state index contributed by atoms with van der Waals surface area (Å²) < 4.78 is 6.56. The number of nitrogens with zero attached hydrogens (tertiary/aromatic N) is 1. The number of fused-ring (bicyclic) bond motifs is 1. The number of benzene rings is 1. The summed E-state index contributed by atoms with van der Waals surface area (Å²) in [4.78, 5) is 41.8. The second-order valence-corrected chi connectivity index (χ2v) is 9.66. The first kappa shape index (κ1) is 23.0. The Hall–Kier alpha value is -2.16. The highest BCUT2D eigenvalue weighted by atomic mass is 35.5. The van der Waals surface area contributed by atoms with Gasteiger partial charge in [0.25, 0.3) is 0 Å². The molecule has 3 heterocycles. The monoisotopic (exact) mass is 463 g/mol. The highest BCUT2D eigenvalue weighted by Crippen LogP contribution is 2.65. The van der Waals surface area contributed by atoms with Crippen molar-refractivity contribution in [3.05, 3.63) is 29.3 Å². The van der Waals surface area contributed by atoms with Crippen LogP contribution in [0.4, 0.5) is 5.69 Å². The number of carbonyl (C=O) groups is 3. The Morgan fingerprint density at radius 1 is 1.28 bits per heavy atom. The number of aliphatic hydroxyl groups is 1. The van der Waals surface area contributed by atoms with Crippen molar-refractivity contribution < 1.29 is 24.2 Å². The third kappa shape index (κ3) is 3.23. The fraction of sp³-hybridized carbons (Fsp3) is 0.609. The lowest BCUT2D eigenvalue weighted by molar-refractivity contribution is -0.146. The zero-order valence-electron chi connectivity index (χ0n) is 18.6. The van der Waals surface area contributed by atoms with Gasteiger partial charge in [0.15, 0.2) is 0 Å². The molecular formula is C23H30ClN3O5. The molecule has 8 nitrogen and oxygen atoms in total. The quantitative estimate of drug-likeness (QED) is 0.534. The SMILES string of the molecule is CNC(=O)[C@@H]1[C@H]2C(=O)N(CCCCO)C(C(=O)Nc3ccccc3Cl)C23CC(C)[C@@]1(C)O3. The van der Waals surface area contributed by atoms with Crippen molar-refractivity contribution in [2.45, 2.75) is 50.4 Å². The number of amides is 3. The second-order valence-electron chi connectivity index (χ2n) is 9.25. The van der Waals surface area contributed by atoms with Gasteiger partial charge in [0.1, 0.15) is 11.6 Å². The number of carbonyl (C=O) groups excluding carboxylic acids is 3. The Kier molecular flexibility index (Phi) is 5.98. The average Bonchev–Trinajstić information content (AvgIpc) is 3.26. The molecule has 2 bridgehead atoms. The topological polar surface area (TPSA) is 108 Å². The van der Waals surface area contributed by atoms with Gasteiger partial charge in [-0.2, -0.15) is 0 Å². The molecule has 3 saturated heterocycles. The molecule has 1 aromatic carbocycles. The number of rotatable bonds is 7. The number of para-hydroxylation sites is 1. The van der Waals surface area contributed by atoms with Gasteiger partial charge < -0.3 is 25.4 Å².